The minimum absolute atomic E-state index is 0.0582. The van der Waals surface area contributed by atoms with Crippen molar-refractivity contribution in [2.75, 3.05) is 36.2 Å². The van der Waals surface area contributed by atoms with Crippen molar-refractivity contribution in [2.45, 2.75) is 18.7 Å². The summed E-state index contributed by atoms with van der Waals surface area (Å²) in [5.41, 5.74) is 0.499. The maximum atomic E-state index is 12.9. The topological polar surface area (TPSA) is 112 Å². The van der Waals surface area contributed by atoms with Gasteiger partial charge in [-0.15, -0.1) is 0 Å². The van der Waals surface area contributed by atoms with Gasteiger partial charge in [0.2, 0.25) is 32.4 Å². The van der Waals surface area contributed by atoms with E-state index in [1.807, 2.05) is 0 Å². The number of sulfonamides is 2. The van der Waals surface area contributed by atoms with Crippen molar-refractivity contribution in [1.29, 1.82) is 0 Å². The zero-order valence-electron chi connectivity index (χ0n) is 15.0. The van der Waals surface area contributed by atoms with Crippen LogP contribution in [0.25, 0.3) is 0 Å². The number of hydrogen-bond donors (Lipinski definition) is 0. The molecule has 0 N–H and O–H groups in total. The van der Waals surface area contributed by atoms with Crippen molar-refractivity contribution in [3.8, 4) is 0 Å². The molecule has 0 aromatic heterocycles. The minimum Gasteiger partial charge on any atom is -0.343 e. The Labute approximate surface area is 158 Å². The maximum absolute atomic E-state index is 12.9. The van der Waals surface area contributed by atoms with E-state index >= 15 is 0 Å². The fourth-order valence-electron chi connectivity index (χ4n) is 3.32. The second-order valence-electron chi connectivity index (χ2n) is 6.78. The van der Waals surface area contributed by atoms with E-state index in [4.69, 9.17) is 0 Å². The second-order valence-corrected chi connectivity index (χ2v) is 10.5. The van der Waals surface area contributed by atoms with Gasteiger partial charge in [-0.3, -0.25) is 9.59 Å². The van der Waals surface area contributed by atoms with E-state index in [9.17, 15) is 26.4 Å². The van der Waals surface area contributed by atoms with Gasteiger partial charge in [0.15, 0.2) is 0 Å². The molecule has 2 heterocycles. The Morgan fingerprint density at radius 3 is 2.26 bits per heavy atom. The summed E-state index contributed by atoms with van der Waals surface area (Å²) in [7, 11) is -7.53. The lowest BCUT2D eigenvalue weighted by molar-refractivity contribution is -0.120. The summed E-state index contributed by atoms with van der Waals surface area (Å²) in [5, 5.41) is 0. The van der Waals surface area contributed by atoms with Crippen LogP contribution in [-0.4, -0.2) is 70.3 Å². The van der Waals surface area contributed by atoms with Gasteiger partial charge in [0.05, 0.1) is 22.3 Å². The normalized spacial score (nSPS) is 23.6. The monoisotopic (exact) mass is 415 g/mol. The fourth-order valence-corrected chi connectivity index (χ4v) is 6.76. The van der Waals surface area contributed by atoms with Gasteiger partial charge in [0, 0.05) is 26.2 Å². The van der Waals surface area contributed by atoms with E-state index in [0.29, 0.717) is 25.1 Å². The van der Waals surface area contributed by atoms with Gasteiger partial charge >= 0.3 is 0 Å². The largest absolute Gasteiger partial charge is 0.343 e. The molecule has 1 unspecified atom stereocenters. The lowest BCUT2D eigenvalue weighted by Crippen LogP contribution is -2.48. The van der Waals surface area contributed by atoms with Gasteiger partial charge in [0.1, 0.15) is 0 Å². The Kier molecular flexibility index (Phi) is 5.04. The van der Waals surface area contributed by atoms with Gasteiger partial charge in [-0.25, -0.2) is 21.1 Å². The summed E-state index contributed by atoms with van der Waals surface area (Å²) >= 11 is 0. The van der Waals surface area contributed by atoms with Crippen molar-refractivity contribution in [3.63, 3.8) is 0 Å². The van der Waals surface area contributed by atoms with Crippen molar-refractivity contribution in [3.05, 3.63) is 23.8 Å². The summed E-state index contributed by atoms with van der Waals surface area (Å²) in [6.45, 7) is 4.13. The first-order chi connectivity index (χ1) is 12.6. The zero-order chi connectivity index (χ0) is 20.0. The molecule has 0 spiro atoms. The number of carbonyl (C=O) groups excluding carboxylic acids is 2. The number of piperazine rings is 1. The molecule has 0 saturated carbocycles. The number of rotatable bonds is 4. The fraction of sp³-hybridized carbons (Fsp3) is 0.500. The molecule has 27 heavy (non-hydrogen) atoms. The molecule has 0 radical (unpaired) electrons. The zero-order valence-corrected chi connectivity index (χ0v) is 16.7. The van der Waals surface area contributed by atoms with Gasteiger partial charge in [-0.1, -0.05) is 6.92 Å². The molecule has 2 fully saturated rings. The number of benzene rings is 1. The van der Waals surface area contributed by atoms with Crippen LogP contribution in [-0.2, 0) is 29.6 Å². The van der Waals surface area contributed by atoms with Crippen LogP contribution >= 0.6 is 0 Å². The first-order valence-corrected chi connectivity index (χ1v) is 11.5. The summed E-state index contributed by atoms with van der Waals surface area (Å²) in [6, 6.07) is 4.08. The van der Waals surface area contributed by atoms with Crippen LogP contribution in [0, 0.1) is 12.8 Å². The van der Waals surface area contributed by atoms with E-state index in [1.54, 1.807) is 13.8 Å². The molecule has 2 aliphatic rings. The Bertz CT molecular complexity index is 981. The molecule has 2 aliphatic heterocycles. The van der Waals surface area contributed by atoms with Crippen molar-refractivity contribution >= 4 is 38.1 Å². The molecule has 1 aromatic rings. The van der Waals surface area contributed by atoms with E-state index in [1.165, 1.54) is 27.4 Å². The van der Waals surface area contributed by atoms with E-state index in [2.05, 4.69) is 0 Å². The van der Waals surface area contributed by atoms with Crippen LogP contribution in [0.5, 0.6) is 0 Å². The van der Waals surface area contributed by atoms with Gasteiger partial charge in [0.25, 0.3) is 0 Å². The third-order valence-corrected chi connectivity index (χ3v) is 8.72. The molecule has 2 saturated heterocycles. The third-order valence-electron chi connectivity index (χ3n) is 4.79. The molecule has 0 bridgehead atoms. The lowest BCUT2D eigenvalue weighted by atomic mass is 10.2. The van der Waals surface area contributed by atoms with E-state index in [-0.39, 0.29) is 29.4 Å². The molecule has 148 valence electrons. The Morgan fingerprint density at radius 1 is 1.15 bits per heavy atom. The number of anilines is 1. The number of nitrogens with zero attached hydrogens (tertiary/aromatic N) is 3. The van der Waals surface area contributed by atoms with Crippen LogP contribution < -0.4 is 4.31 Å². The van der Waals surface area contributed by atoms with Gasteiger partial charge in [-0.05, 0) is 30.7 Å². The summed E-state index contributed by atoms with van der Waals surface area (Å²) in [5.74, 6) is -1.41. The quantitative estimate of drug-likeness (QED) is 0.628. The number of hydrogen-bond acceptors (Lipinski definition) is 6. The highest BCUT2D eigenvalue weighted by Gasteiger charge is 2.42. The van der Waals surface area contributed by atoms with Gasteiger partial charge < -0.3 is 4.90 Å². The first kappa shape index (κ1) is 19.8. The highest BCUT2D eigenvalue weighted by molar-refractivity contribution is 7.94. The molecule has 3 rings (SSSR count). The smallest absolute Gasteiger partial charge is 0.244 e. The van der Waals surface area contributed by atoms with Crippen molar-refractivity contribution in [1.82, 2.24) is 9.21 Å². The molecule has 2 amide bonds. The average Bonchev–Trinajstić information content (AvgIpc) is 2.81. The summed E-state index contributed by atoms with van der Waals surface area (Å²) in [6.07, 6.45) is 0.693. The number of amides is 2. The maximum Gasteiger partial charge on any atom is 0.244 e. The molecular formula is C16H21N3O6S2. The third kappa shape index (κ3) is 3.46. The lowest BCUT2D eigenvalue weighted by Gasteiger charge is -2.32. The summed E-state index contributed by atoms with van der Waals surface area (Å²) < 4.78 is 52.3. The SMILES string of the molecule is Cc1cc(N2C(=O)C(C)CS2(=O)=O)ccc1S(=O)(=O)N1CCN(C=O)CC1. The Morgan fingerprint density at radius 2 is 1.78 bits per heavy atom. The highest BCUT2D eigenvalue weighted by Crippen LogP contribution is 2.31. The average molecular weight is 415 g/mol. The second kappa shape index (κ2) is 6.88. The molecule has 1 aromatic carbocycles. The van der Waals surface area contributed by atoms with E-state index in [0.717, 1.165) is 4.31 Å². The summed E-state index contributed by atoms with van der Waals surface area (Å²) in [4.78, 5) is 24.6. The van der Waals surface area contributed by atoms with Gasteiger partial charge in [-0.2, -0.15) is 4.31 Å². The van der Waals surface area contributed by atoms with E-state index < -0.39 is 31.9 Å². The van der Waals surface area contributed by atoms with Crippen LogP contribution in [0.3, 0.4) is 0 Å². The van der Waals surface area contributed by atoms with Crippen LogP contribution in [0.15, 0.2) is 23.1 Å². The van der Waals surface area contributed by atoms with Crippen LogP contribution in [0.2, 0.25) is 0 Å². The molecular weight excluding hydrogens is 394 g/mol. The number of carbonyl (C=O) groups is 2. The van der Waals surface area contributed by atoms with Crippen LogP contribution in [0.1, 0.15) is 12.5 Å². The minimum atomic E-state index is -3.78. The van der Waals surface area contributed by atoms with Crippen LogP contribution in [0.4, 0.5) is 5.69 Å². The Balaban J connectivity index is 1.91. The molecule has 0 aliphatic carbocycles. The predicted octanol–water partition coefficient (Wildman–Crippen LogP) is -0.230. The van der Waals surface area contributed by atoms with Crippen molar-refractivity contribution < 1.29 is 26.4 Å². The predicted molar refractivity (Wildman–Crippen MR) is 98.0 cm³/mol. The molecule has 1 atom stereocenters. The Hall–Kier alpha value is -1.98. The highest BCUT2D eigenvalue weighted by atomic mass is 32.2. The standard InChI is InChI=1S/C16H21N3O6S2/c1-12-9-14(19-16(21)13(2)10-26(19,22)23)3-4-15(12)27(24,25)18-7-5-17(11-20)6-8-18/h3-4,9,11,13H,5-8,10H2,1-2H3. The van der Waals surface area contributed by atoms with Crippen molar-refractivity contribution in [2.24, 2.45) is 5.92 Å². The first-order valence-electron chi connectivity index (χ1n) is 8.45. The number of aryl methyl sites for hydroxylation is 1. The molecule has 9 nitrogen and oxygen atoms in total. The molecule has 11 heteroatoms.